The number of hydrogen-bond acceptors (Lipinski definition) is 6. The van der Waals surface area contributed by atoms with Crippen LogP contribution < -0.4 is 0 Å². The Morgan fingerprint density at radius 2 is 1.75 bits per heavy atom. The molecule has 0 heterocycles. The summed E-state index contributed by atoms with van der Waals surface area (Å²) in [4.78, 5) is 38.2. The molecule has 222 valence electrons. The first-order valence-corrected chi connectivity index (χ1v) is 14.7. The Morgan fingerprint density at radius 3 is 2.35 bits per heavy atom. The number of carboxylic acids is 1. The lowest BCUT2D eigenvalue weighted by atomic mass is 9.44. The van der Waals surface area contributed by atoms with Crippen molar-refractivity contribution >= 4 is 17.9 Å². The first kappa shape index (κ1) is 29.2. The molecular formula is C31H42F2O7. The first-order valence-electron chi connectivity index (χ1n) is 14.7. The Balaban J connectivity index is 1.45. The van der Waals surface area contributed by atoms with E-state index in [4.69, 9.17) is 9.47 Å². The number of allylic oxidation sites excluding steroid dienone is 4. The summed E-state index contributed by atoms with van der Waals surface area (Å²) in [6.45, 7) is 9.09. The van der Waals surface area contributed by atoms with Crippen molar-refractivity contribution in [2.45, 2.75) is 109 Å². The molecule has 0 spiro atoms. The Labute approximate surface area is 234 Å². The second kappa shape index (κ2) is 9.63. The molecule has 2 unspecified atom stereocenters. The quantitative estimate of drug-likeness (QED) is 0.419. The maximum atomic E-state index is 17.4. The highest BCUT2D eigenvalue weighted by Crippen LogP contribution is 2.71. The van der Waals surface area contributed by atoms with Gasteiger partial charge in [-0.2, -0.15) is 0 Å². The van der Waals surface area contributed by atoms with Gasteiger partial charge in [0, 0.05) is 22.7 Å². The van der Waals surface area contributed by atoms with Crippen LogP contribution in [0.25, 0.3) is 0 Å². The molecule has 0 amide bonds. The lowest BCUT2D eigenvalue weighted by Crippen LogP contribution is -2.71. The number of halogens is 2. The maximum Gasteiger partial charge on any atom is 0.509 e. The van der Waals surface area contributed by atoms with E-state index in [0.29, 0.717) is 24.7 Å². The summed E-state index contributed by atoms with van der Waals surface area (Å²) < 4.78 is 44.5. The fourth-order valence-electron chi connectivity index (χ4n) is 9.41. The summed E-state index contributed by atoms with van der Waals surface area (Å²) in [5, 5.41) is 22.1. The van der Waals surface area contributed by atoms with Crippen LogP contribution in [0.1, 0.15) is 79.6 Å². The number of aliphatic hydroxyl groups is 1. The number of rotatable bonds is 4. The third-order valence-electron chi connectivity index (χ3n) is 11.7. The topological polar surface area (TPSA) is 110 Å². The minimum Gasteiger partial charge on any atom is -0.478 e. The fraction of sp³-hybridized carbons (Fsp3) is 0.774. The predicted octanol–water partition coefficient (Wildman–Crippen LogP) is 5.74. The lowest BCUT2D eigenvalue weighted by molar-refractivity contribution is -0.232. The summed E-state index contributed by atoms with van der Waals surface area (Å²) >= 11 is 0. The average molecular weight is 565 g/mol. The average Bonchev–Trinajstić information content (AvgIpc) is 3.09. The van der Waals surface area contributed by atoms with Crippen molar-refractivity contribution in [2.75, 3.05) is 0 Å². The van der Waals surface area contributed by atoms with E-state index in [1.807, 2.05) is 0 Å². The van der Waals surface area contributed by atoms with Crippen molar-refractivity contribution in [1.82, 2.24) is 0 Å². The van der Waals surface area contributed by atoms with Crippen LogP contribution >= 0.6 is 0 Å². The Morgan fingerprint density at radius 1 is 1.10 bits per heavy atom. The van der Waals surface area contributed by atoms with E-state index in [0.717, 1.165) is 18.9 Å². The summed E-state index contributed by atoms with van der Waals surface area (Å²) in [7, 11) is 0. The molecule has 4 fully saturated rings. The molecule has 0 aliphatic heterocycles. The first-order chi connectivity index (χ1) is 18.6. The van der Waals surface area contributed by atoms with Gasteiger partial charge in [-0.3, -0.25) is 4.79 Å². The van der Waals surface area contributed by atoms with E-state index in [9.17, 15) is 24.6 Å². The highest BCUT2D eigenvalue weighted by atomic mass is 19.1. The minimum absolute atomic E-state index is 0.00367. The van der Waals surface area contributed by atoms with E-state index >= 15 is 8.78 Å². The van der Waals surface area contributed by atoms with Gasteiger partial charge in [0.15, 0.2) is 11.5 Å². The van der Waals surface area contributed by atoms with Gasteiger partial charge in [-0.05, 0) is 87.3 Å². The number of fused-ring (bicyclic) bond motifs is 5. The van der Waals surface area contributed by atoms with Gasteiger partial charge in [0.25, 0.3) is 0 Å². The van der Waals surface area contributed by atoms with Crippen molar-refractivity contribution in [3.63, 3.8) is 0 Å². The number of carboxylic acid groups (broad SMARTS) is 1. The van der Waals surface area contributed by atoms with Gasteiger partial charge in [-0.1, -0.05) is 33.8 Å². The van der Waals surface area contributed by atoms with Gasteiger partial charge in [0.1, 0.15) is 12.3 Å². The second-order valence-corrected chi connectivity index (χ2v) is 13.8. The summed E-state index contributed by atoms with van der Waals surface area (Å²) in [6.07, 6.45) is 1.60. The van der Waals surface area contributed by atoms with Gasteiger partial charge in [0.2, 0.25) is 5.60 Å². The molecule has 0 bridgehead atoms. The summed E-state index contributed by atoms with van der Waals surface area (Å²) in [6, 6.07) is 0. The van der Waals surface area contributed by atoms with Gasteiger partial charge < -0.3 is 19.7 Å². The zero-order valence-electron chi connectivity index (χ0n) is 24.0. The fourth-order valence-corrected chi connectivity index (χ4v) is 9.41. The Kier molecular flexibility index (Phi) is 7.03. The predicted molar refractivity (Wildman–Crippen MR) is 142 cm³/mol. The molecule has 2 N–H and O–H groups in total. The minimum atomic E-state index is -2.34. The molecule has 40 heavy (non-hydrogen) atoms. The Hall–Kier alpha value is -2.29. The molecule has 5 aliphatic carbocycles. The van der Waals surface area contributed by atoms with Crippen LogP contribution in [-0.2, 0) is 19.1 Å². The molecular weight excluding hydrogens is 522 g/mol. The van der Waals surface area contributed by atoms with Crippen molar-refractivity contribution in [1.29, 1.82) is 0 Å². The number of alkyl halides is 2. The molecule has 9 heteroatoms. The largest absolute Gasteiger partial charge is 0.509 e. The molecule has 0 aromatic carbocycles. The number of aliphatic hydroxyl groups excluding tert-OH is 1. The molecule has 0 aromatic rings. The number of carbonyl (C=O) groups is 3. The standard InChI is InChI=1S/C31H42F2O7/c1-16(2)18-6-8-20(9-7-18)39-27(38)40-31(26(36)37)17(3)12-21-22-14-24(32)23-13-19(34)10-11-28(23,4)30(22,33)25(35)15-29(21,31)5/h10-11,13,16-18,20-22,24-25,35H,6-9,12,14-15H2,1-5H3,(H,36,37)/t17-,18?,20?,21+,22?,24+,25+,28?,29+,30+,31+/m1/s1. The molecule has 9 atom stereocenters. The second-order valence-electron chi connectivity index (χ2n) is 13.8. The van der Waals surface area contributed by atoms with E-state index in [2.05, 4.69) is 13.8 Å². The number of ether oxygens (including phenoxy) is 2. The van der Waals surface area contributed by atoms with Crippen LogP contribution in [0.5, 0.6) is 0 Å². The van der Waals surface area contributed by atoms with E-state index < -0.39 is 70.0 Å². The monoisotopic (exact) mass is 564 g/mol. The van der Waals surface area contributed by atoms with Crippen LogP contribution in [0.3, 0.4) is 0 Å². The summed E-state index contributed by atoms with van der Waals surface area (Å²) in [5.41, 5.74) is -7.39. The zero-order valence-corrected chi connectivity index (χ0v) is 24.0. The molecule has 5 aliphatic rings. The normalized spacial score (nSPS) is 48.1. The van der Waals surface area contributed by atoms with Crippen LogP contribution in [0.15, 0.2) is 23.8 Å². The summed E-state index contributed by atoms with van der Waals surface area (Å²) in [5.74, 6) is -3.26. The van der Waals surface area contributed by atoms with Gasteiger partial charge >= 0.3 is 12.1 Å². The Bertz CT molecular complexity index is 1140. The van der Waals surface area contributed by atoms with Crippen molar-refractivity contribution in [2.24, 2.45) is 40.4 Å². The van der Waals surface area contributed by atoms with Gasteiger partial charge in [-0.15, -0.1) is 0 Å². The third kappa shape index (κ3) is 3.85. The van der Waals surface area contributed by atoms with Gasteiger partial charge in [0.05, 0.1) is 6.10 Å². The van der Waals surface area contributed by atoms with Crippen LogP contribution in [0.2, 0.25) is 0 Å². The lowest BCUT2D eigenvalue weighted by Gasteiger charge is -2.62. The molecule has 0 saturated heterocycles. The van der Waals surface area contributed by atoms with Crippen molar-refractivity contribution < 1.29 is 42.9 Å². The van der Waals surface area contributed by atoms with Crippen molar-refractivity contribution in [3.8, 4) is 0 Å². The molecule has 7 nitrogen and oxygen atoms in total. The molecule has 4 saturated carbocycles. The van der Waals surface area contributed by atoms with E-state index in [1.54, 1.807) is 13.8 Å². The van der Waals surface area contributed by atoms with Crippen LogP contribution in [-0.4, -0.2) is 57.8 Å². The highest BCUT2D eigenvalue weighted by Gasteiger charge is 2.78. The number of ketones is 1. The zero-order chi connectivity index (χ0) is 29.4. The number of carbonyl (C=O) groups excluding carboxylic acids is 2. The van der Waals surface area contributed by atoms with Crippen LogP contribution in [0.4, 0.5) is 13.6 Å². The SMILES string of the molecule is CC(C)C1CCC(OC(=O)O[C@]2(C(=O)O)[C@H](C)C[C@H]3C4C[C@H](F)C5=CC(=O)C=CC5(C)[C@@]4(F)[C@@H](O)C[C@@]32C)CC1. The van der Waals surface area contributed by atoms with Crippen LogP contribution in [0, 0.1) is 40.4 Å². The molecule has 0 radical (unpaired) electrons. The number of aliphatic carboxylic acids is 1. The van der Waals surface area contributed by atoms with Crippen molar-refractivity contribution in [3.05, 3.63) is 23.8 Å². The molecule has 5 rings (SSSR count). The number of hydrogen-bond donors (Lipinski definition) is 2. The highest BCUT2D eigenvalue weighted by molar-refractivity contribution is 6.01. The molecule has 0 aromatic heterocycles. The third-order valence-corrected chi connectivity index (χ3v) is 11.7. The van der Waals surface area contributed by atoms with E-state index in [-0.39, 0.29) is 30.9 Å². The van der Waals surface area contributed by atoms with E-state index in [1.165, 1.54) is 19.1 Å². The van der Waals surface area contributed by atoms with Gasteiger partial charge in [-0.25, -0.2) is 18.4 Å². The smallest absolute Gasteiger partial charge is 0.478 e. The maximum absolute atomic E-state index is 17.4.